The molecule has 0 aliphatic rings. The van der Waals surface area contributed by atoms with E-state index in [0.717, 1.165) is 12.0 Å². The molecule has 0 aliphatic heterocycles. The monoisotopic (exact) mass is 320 g/mol. The highest BCUT2D eigenvalue weighted by Crippen LogP contribution is 2.14. The summed E-state index contributed by atoms with van der Waals surface area (Å²) in [6, 6.07) is 7.04. The van der Waals surface area contributed by atoms with E-state index < -0.39 is 0 Å². The lowest BCUT2D eigenvalue weighted by Gasteiger charge is -2.04. The highest BCUT2D eigenvalue weighted by atomic mass is 19.1. The molecule has 0 bridgehead atoms. The van der Waals surface area contributed by atoms with E-state index in [4.69, 9.17) is 0 Å². The van der Waals surface area contributed by atoms with Crippen molar-refractivity contribution in [1.82, 2.24) is 0 Å². The third kappa shape index (κ3) is 12.3. The van der Waals surface area contributed by atoms with Crippen LogP contribution in [0.2, 0.25) is 0 Å². The predicted octanol–water partition coefficient (Wildman–Crippen LogP) is 7.85. The number of hydrogen-bond acceptors (Lipinski definition) is 0. The SMILES string of the molecule is CCCCCCCCCCCCCCCCc1cccc(F)c1. The molecular weight excluding hydrogens is 283 g/mol. The van der Waals surface area contributed by atoms with Crippen LogP contribution >= 0.6 is 0 Å². The Morgan fingerprint density at radius 1 is 0.652 bits per heavy atom. The summed E-state index contributed by atoms with van der Waals surface area (Å²) in [5.41, 5.74) is 1.14. The maximum Gasteiger partial charge on any atom is 0.123 e. The van der Waals surface area contributed by atoms with Crippen LogP contribution in [0.25, 0.3) is 0 Å². The lowest BCUT2D eigenvalue weighted by Crippen LogP contribution is -1.87. The number of unbranched alkanes of at least 4 members (excludes halogenated alkanes) is 13. The van der Waals surface area contributed by atoms with Gasteiger partial charge in [0, 0.05) is 0 Å². The van der Waals surface area contributed by atoms with E-state index in [0.29, 0.717) is 0 Å². The second kappa shape index (κ2) is 14.7. The smallest absolute Gasteiger partial charge is 0.123 e. The molecule has 0 N–H and O–H groups in total. The largest absolute Gasteiger partial charge is 0.207 e. The number of rotatable bonds is 15. The van der Waals surface area contributed by atoms with Crippen LogP contribution in [0.5, 0.6) is 0 Å². The Bertz CT molecular complexity index is 372. The van der Waals surface area contributed by atoms with Gasteiger partial charge in [-0.3, -0.25) is 0 Å². The van der Waals surface area contributed by atoms with Gasteiger partial charge in [-0.25, -0.2) is 4.39 Å². The Balaban J connectivity index is 1.78. The van der Waals surface area contributed by atoms with Gasteiger partial charge in [0.1, 0.15) is 5.82 Å². The average Bonchev–Trinajstić information content (AvgIpc) is 2.55. The molecule has 0 aromatic heterocycles. The van der Waals surface area contributed by atoms with Crippen LogP contribution in [0.3, 0.4) is 0 Å². The first-order chi connectivity index (χ1) is 11.3. The van der Waals surface area contributed by atoms with Gasteiger partial charge in [-0.15, -0.1) is 0 Å². The van der Waals surface area contributed by atoms with Gasteiger partial charge in [0.2, 0.25) is 0 Å². The van der Waals surface area contributed by atoms with E-state index in [9.17, 15) is 4.39 Å². The van der Waals surface area contributed by atoms with Crippen LogP contribution in [-0.4, -0.2) is 0 Å². The molecule has 0 amide bonds. The van der Waals surface area contributed by atoms with Crippen LogP contribution in [0.1, 0.15) is 102 Å². The van der Waals surface area contributed by atoms with Crippen LogP contribution < -0.4 is 0 Å². The second-order valence-corrected chi connectivity index (χ2v) is 6.98. The highest BCUT2D eigenvalue weighted by molar-refractivity contribution is 5.16. The zero-order valence-corrected chi connectivity index (χ0v) is 15.3. The van der Waals surface area contributed by atoms with Crippen LogP contribution in [-0.2, 0) is 6.42 Å². The quantitative estimate of drug-likeness (QED) is 0.289. The van der Waals surface area contributed by atoms with Crippen molar-refractivity contribution in [3.63, 3.8) is 0 Å². The molecule has 0 saturated heterocycles. The molecule has 1 aromatic carbocycles. The summed E-state index contributed by atoms with van der Waals surface area (Å²) in [4.78, 5) is 0. The zero-order chi connectivity index (χ0) is 16.6. The molecule has 0 saturated carbocycles. The number of hydrogen-bond donors (Lipinski definition) is 0. The zero-order valence-electron chi connectivity index (χ0n) is 15.3. The van der Waals surface area contributed by atoms with Gasteiger partial charge in [-0.2, -0.15) is 0 Å². The Morgan fingerprint density at radius 3 is 1.61 bits per heavy atom. The average molecular weight is 321 g/mol. The molecule has 0 heterocycles. The second-order valence-electron chi connectivity index (χ2n) is 6.98. The molecule has 0 radical (unpaired) electrons. The van der Waals surface area contributed by atoms with Crippen molar-refractivity contribution in [2.45, 2.75) is 103 Å². The van der Waals surface area contributed by atoms with Gasteiger partial charge < -0.3 is 0 Å². The summed E-state index contributed by atoms with van der Waals surface area (Å²) in [7, 11) is 0. The first-order valence-corrected chi connectivity index (χ1v) is 10.1. The van der Waals surface area contributed by atoms with E-state index in [1.54, 1.807) is 6.07 Å². The minimum atomic E-state index is -0.104. The molecule has 132 valence electrons. The summed E-state index contributed by atoms with van der Waals surface area (Å²) >= 11 is 0. The van der Waals surface area contributed by atoms with Gasteiger partial charge in [0.25, 0.3) is 0 Å². The fourth-order valence-electron chi connectivity index (χ4n) is 3.22. The first-order valence-electron chi connectivity index (χ1n) is 10.1. The van der Waals surface area contributed by atoms with Gasteiger partial charge >= 0.3 is 0 Å². The van der Waals surface area contributed by atoms with Crippen molar-refractivity contribution in [2.24, 2.45) is 0 Å². The highest BCUT2D eigenvalue weighted by Gasteiger charge is 1.97. The summed E-state index contributed by atoms with van der Waals surface area (Å²) in [6.45, 7) is 2.28. The summed E-state index contributed by atoms with van der Waals surface area (Å²) in [6.07, 6.45) is 20.4. The minimum Gasteiger partial charge on any atom is -0.207 e. The number of aryl methyl sites for hydroxylation is 1. The van der Waals surface area contributed by atoms with Gasteiger partial charge in [-0.05, 0) is 30.5 Å². The molecule has 0 aliphatic carbocycles. The lowest BCUT2D eigenvalue weighted by molar-refractivity contribution is 0.535. The fourth-order valence-corrected chi connectivity index (χ4v) is 3.22. The first kappa shape index (κ1) is 20.2. The van der Waals surface area contributed by atoms with Gasteiger partial charge in [0.15, 0.2) is 0 Å². The number of benzene rings is 1. The maximum absolute atomic E-state index is 13.0. The van der Waals surface area contributed by atoms with Crippen LogP contribution in [0.4, 0.5) is 4.39 Å². The van der Waals surface area contributed by atoms with Crippen LogP contribution in [0, 0.1) is 5.82 Å². The van der Waals surface area contributed by atoms with E-state index in [2.05, 4.69) is 6.92 Å². The normalized spacial score (nSPS) is 11.0. The van der Waals surface area contributed by atoms with Crippen molar-refractivity contribution >= 4 is 0 Å². The Hall–Kier alpha value is -0.850. The summed E-state index contributed by atoms with van der Waals surface area (Å²) in [5, 5.41) is 0. The standard InChI is InChI=1S/C22H37F/c1-2-3-4-5-6-7-8-9-10-11-12-13-14-15-17-21-18-16-19-22(23)20-21/h16,18-20H,2-15,17H2,1H3. The molecule has 0 atom stereocenters. The Labute approximate surface area is 143 Å². The predicted molar refractivity (Wildman–Crippen MR) is 100 cm³/mol. The van der Waals surface area contributed by atoms with E-state index in [1.165, 1.54) is 96.0 Å². The minimum absolute atomic E-state index is 0.104. The topological polar surface area (TPSA) is 0 Å². The summed E-state index contributed by atoms with van der Waals surface area (Å²) in [5.74, 6) is -0.104. The van der Waals surface area contributed by atoms with Gasteiger partial charge in [0.05, 0.1) is 0 Å². The van der Waals surface area contributed by atoms with E-state index in [-0.39, 0.29) is 5.82 Å². The lowest BCUT2D eigenvalue weighted by atomic mass is 10.0. The Morgan fingerprint density at radius 2 is 1.13 bits per heavy atom. The van der Waals surface area contributed by atoms with Crippen molar-refractivity contribution in [3.8, 4) is 0 Å². The molecule has 23 heavy (non-hydrogen) atoms. The van der Waals surface area contributed by atoms with Crippen molar-refractivity contribution in [1.29, 1.82) is 0 Å². The molecule has 0 nitrogen and oxygen atoms in total. The molecule has 1 rings (SSSR count). The molecule has 0 spiro atoms. The van der Waals surface area contributed by atoms with E-state index >= 15 is 0 Å². The number of halogens is 1. The van der Waals surface area contributed by atoms with Crippen molar-refractivity contribution in [3.05, 3.63) is 35.6 Å². The van der Waals surface area contributed by atoms with Crippen molar-refractivity contribution in [2.75, 3.05) is 0 Å². The molecule has 0 unspecified atom stereocenters. The third-order valence-corrected chi connectivity index (χ3v) is 4.71. The van der Waals surface area contributed by atoms with Crippen LogP contribution in [0.15, 0.2) is 24.3 Å². The van der Waals surface area contributed by atoms with Gasteiger partial charge in [-0.1, -0.05) is 103 Å². The maximum atomic E-state index is 13.0. The molecule has 1 heteroatoms. The fraction of sp³-hybridized carbons (Fsp3) is 0.727. The third-order valence-electron chi connectivity index (χ3n) is 4.71. The van der Waals surface area contributed by atoms with Crippen molar-refractivity contribution < 1.29 is 4.39 Å². The molecule has 1 aromatic rings. The van der Waals surface area contributed by atoms with E-state index in [1.807, 2.05) is 12.1 Å². The molecule has 0 fully saturated rings. The Kier molecular flexibility index (Phi) is 12.9. The summed E-state index contributed by atoms with van der Waals surface area (Å²) < 4.78 is 13.0. The molecular formula is C22H37F.